The van der Waals surface area contributed by atoms with Crippen molar-refractivity contribution in [3.05, 3.63) is 0 Å². The van der Waals surface area contributed by atoms with E-state index in [2.05, 4.69) is 17.5 Å². The highest BCUT2D eigenvalue weighted by atomic mass is 35.5. The third-order valence-corrected chi connectivity index (χ3v) is 2.28. The first-order chi connectivity index (χ1) is 5.39. The molecule has 2 unspecified atom stereocenters. The first-order valence-electron chi connectivity index (χ1n) is 3.39. The summed E-state index contributed by atoms with van der Waals surface area (Å²) in [4.78, 5) is 0.198. The standard InChI is InChI=1S/C6H7ClF3NS/c7-4-1-3(6(8,9)10)2-5(12)11-4/h3-4H,1-2H2,(H,11,12). The molecule has 70 valence electrons. The van der Waals surface area contributed by atoms with E-state index in [0.717, 1.165) is 0 Å². The summed E-state index contributed by atoms with van der Waals surface area (Å²) in [6.45, 7) is 0. The zero-order valence-electron chi connectivity index (χ0n) is 5.99. The van der Waals surface area contributed by atoms with Crippen LogP contribution >= 0.6 is 23.8 Å². The Balaban J connectivity index is 2.62. The van der Waals surface area contributed by atoms with E-state index in [1.165, 1.54) is 0 Å². The fourth-order valence-corrected chi connectivity index (χ4v) is 1.85. The van der Waals surface area contributed by atoms with Gasteiger partial charge in [-0.3, -0.25) is 0 Å². The number of rotatable bonds is 0. The first-order valence-corrected chi connectivity index (χ1v) is 4.24. The van der Waals surface area contributed by atoms with Crippen molar-refractivity contribution < 1.29 is 13.2 Å². The molecular formula is C6H7ClF3NS. The number of hydrogen-bond acceptors (Lipinski definition) is 1. The highest BCUT2D eigenvalue weighted by molar-refractivity contribution is 7.80. The molecule has 1 fully saturated rings. The van der Waals surface area contributed by atoms with Crippen molar-refractivity contribution >= 4 is 28.8 Å². The minimum Gasteiger partial charge on any atom is -0.364 e. The van der Waals surface area contributed by atoms with Crippen LogP contribution in [-0.2, 0) is 0 Å². The Morgan fingerprint density at radius 2 is 2.08 bits per heavy atom. The van der Waals surface area contributed by atoms with Crippen LogP contribution < -0.4 is 5.32 Å². The quantitative estimate of drug-likeness (QED) is 0.380. The van der Waals surface area contributed by atoms with Crippen LogP contribution in [0.1, 0.15) is 12.8 Å². The lowest BCUT2D eigenvalue weighted by Gasteiger charge is -2.29. The molecule has 0 aromatic rings. The third kappa shape index (κ3) is 2.48. The Hall–Kier alpha value is -0.0300. The largest absolute Gasteiger partial charge is 0.392 e. The van der Waals surface area contributed by atoms with Gasteiger partial charge in [-0.15, -0.1) is 0 Å². The number of piperidine rings is 1. The van der Waals surface area contributed by atoms with Crippen molar-refractivity contribution in [1.82, 2.24) is 5.32 Å². The van der Waals surface area contributed by atoms with E-state index in [1.54, 1.807) is 0 Å². The lowest BCUT2D eigenvalue weighted by molar-refractivity contribution is -0.175. The van der Waals surface area contributed by atoms with Crippen LogP contribution in [0.25, 0.3) is 0 Å². The molecule has 1 N–H and O–H groups in total. The van der Waals surface area contributed by atoms with Crippen LogP contribution in [0.2, 0.25) is 0 Å². The summed E-state index contributed by atoms with van der Waals surface area (Å²) in [7, 11) is 0. The summed E-state index contributed by atoms with van der Waals surface area (Å²) in [6, 6.07) is 0. The van der Waals surface area contributed by atoms with Gasteiger partial charge < -0.3 is 5.32 Å². The topological polar surface area (TPSA) is 12.0 Å². The molecule has 0 aliphatic carbocycles. The summed E-state index contributed by atoms with van der Waals surface area (Å²) >= 11 is 10.1. The lowest BCUT2D eigenvalue weighted by Crippen LogP contribution is -2.42. The molecule has 1 nitrogen and oxygen atoms in total. The van der Waals surface area contributed by atoms with Crippen molar-refractivity contribution in [2.75, 3.05) is 0 Å². The minimum absolute atomic E-state index is 0.106. The highest BCUT2D eigenvalue weighted by Crippen LogP contribution is 2.35. The number of hydrogen-bond donors (Lipinski definition) is 1. The number of alkyl halides is 4. The van der Waals surface area contributed by atoms with Crippen LogP contribution in [0.4, 0.5) is 13.2 Å². The zero-order valence-corrected chi connectivity index (χ0v) is 7.56. The molecule has 0 spiro atoms. The second-order valence-corrected chi connectivity index (χ2v) is 3.73. The van der Waals surface area contributed by atoms with E-state index in [1.807, 2.05) is 0 Å². The van der Waals surface area contributed by atoms with Crippen LogP contribution in [0.5, 0.6) is 0 Å². The fourth-order valence-electron chi connectivity index (χ4n) is 1.10. The van der Waals surface area contributed by atoms with Gasteiger partial charge in [0.15, 0.2) is 0 Å². The molecule has 0 amide bonds. The molecule has 1 saturated heterocycles. The summed E-state index contributed by atoms with van der Waals surface area (Å²) < 4.78 is 36.4. The van der Waals surface area contributed by atoms with Gasteiger partial charge in [0, 0.05) is 6.42 Å². The number of nitrogens with one attached hydrogen (secondary N) is 1. The van der Waals surface area contributed by atoms with E-state index >= 15 is 0 Å². The van der Waals surface area contributed by atoms with Gasteiger partial charge in [0.05, 0.1) is 10.9 Å². The summed E-state index contributed by atoms with van der Waals surface area (Å²) in [5.41, 5.74) is -0.683. The maximum Gasteiger partial charge on any atom is 0.392 e. The van der Waals surface area contributed by atoms with Gasteiger partial charge in [0.2, 0.25) is 0 Å². The molecular weight excluding hydrogens is 211 g/mol. The molecule has 0 radical (unpaired) electrons. The second-order valence-electron chi connectivity index (χ2n) is 2.71. The van der Waals surface area contributed by atoms with Gasteiger partial charge in [0.1, 0.15) is 5.50 Å². The fraction of sp³-hybridized carbons (Fsp3) is 0.833. The zero-order chi connectivity index (χ0) is 9.35. The molecule has 12 heavy (non-hydrogen) atoms. The predicted molar refractivity (Wildman–Crippen MR) is 44.2 cm³/mol. The van der Waals surface area contributed by atoms with Crippen molar-refractivity contribution in [3.63, 3.8) is 0 Å². The lowest BCUT2D eigenvalue weighted by atomic mass is 9.97. The number of halogens is 4. The maximum absolute atomic E-state index is 12.1. The Morgan fingerprint density at radius 3 is 2.50 bits per heavy atom. The van der Waals surface area contributed by atoms with E-state index in [-0.39, 0.29) is 17.8 Å². The normalized spacial score (nSPS) is 31.5. The molecule has 0 saturated carbocycles. The van der Waals surface area contributed by atoms with Crippen LogP contribution in [-0.4, -0.2) is 16.7 Å². The SMILES string of the molecule is FC(F)(F)C1CC(=S)NC(Cl)C1. The first kappa shape index (κ1) is 10.1. The average molecular weight is 218 g/mol. The molecule has 0 bridgehead atoms. The highest BCUT2D eigenvalue weighted by Gasteiger charge is 2.43. The van der Waals surface area contributed by atoms with Gasteiger partial charge in [-0.2, -0.15) is 13.2 Å². The average Bonchev–Trinajstić information content (AvgIpc) is 1.82. The molecule has 1 aliphatic rings. The predicted octanol–water partition coefficient (Wildman–Crippen LogP) is 2.44. The molecule has 1 aliphatic heterocycles. The van der Waals surface area contributed by atoms with E-state index in [4.69, 9.17) is 11.6 Å². The summed E-state index contributed by atoms with van der Waals surface area (Å²) in [5.74, 6) is -1.38. The summed E-state index contributed by atoms with van der Waals surface area (Å²) in [6.07, 6.45) is -4.42. The second kappa shape index (κ2) is 3.38. The van der Waals surface area contributed by atoms with Crippen LogP contribution in [0.3, 0.4) is 0 Å². The van der Waals surface area contributed by atoms with Gasteiger partial charge in [-0.05, 0) is 6.42 Å². The van der Waals surface area contributed by atoms with Crippen LogP contribution in [0.15, 0.2) is 0 Å². The Kier molecular flexibility index (Phi) is 2.83. The molecule has 6 heteroatoms. The minimum atomic E-state index is -4.18. The summed E-state index contributed by atoms with van der Waals surface area (Å²) in [5, 5.41) is 2.58. The van der Waals surface area contributed by atoms with Crippen LogP contribution in [0, 0.1) is 5.92 Å². The molecule has 0 aromatic heterocycles. The molecule has 1 rings (SSSR count). The van der Waals surface area contributed by atoms with E-state index in [0.29, 0.717) is 0 Å². The van der Waals surface area contributed by atoms with E-state index in [9.17, 15) is 13.2 Å². The van der Waals surface area contributed by atoms with Gasteiger partial charge >= 0.3 is 6.18 Å². The Bertz CT molecular complexity index is 194. The third-order valence-electron chi connectivity index (χ3n) is 1.70. The van der Waals surface area contributed by atoms with Crippen molar-refractivity contribution in [2.45, 2.75) is 24.5 Å². The molecule has 2 atom stereocenters. The van der Waals surface area contributed by atoms with E-state index < -0.39 is 17.6 Å². The Morgan fingerprint density at radius 1 is 1.50 bits per heavy atom. The Labute approximate surface area is 78.3 Å². The maximum atomic E-state index is 12.1. The van der Waals surface area contributed by atoms with Crippen molar-refractivity contribution in [1.29, 1.82) is 0 Å². The van der Waals surface area contributed by atoms with Gasteiger partial charge in [-0.25, -0.2) is 0 Å². The van der Waals surface area contributed by atoms with Gasteiger partial charge in [0.25, 0.3) is 0 Å². The smallest absolute Gasteiger partial charge is 0.364 e. The number of thiocarbonyl (C=S) groups is 1. The molecule has 0 aromatic carbocycles. The van der Waals surface area contributed by atoms with Crippen molar-refractivity contribution in [2.24, 2.45) is 5.92 Å². The monoisotopic (exact) mass is 217 g/mol. The van der Waals surface area contributed by atoms with Crippen molar-refractivity contribution in [3.8, 4) is 0 Å². The van der Waals surface area contributed by atoms with Gasteiger partial charge in [-0.1, -0.05) is 23.8 Å². The molecule has 1 heterocycles.